The van der Waals surface area contributed by atoms with Gasteiger partial charge in [-0.25, -0.2) is 0 Å². The number of rotatable bonds is 8. The van der Waals surface area contributed by atoms with E-state index in [1.54, 1.807) is 0 Å². The van der Waals surface area contributed by atoms with Gasteiger partial charge in [-0.2, -0.15) is 0 Å². The van der Waals surface area contributed by atoms with Crippen LogP contribution in [0.3, 0.4) is 0 Å². The first-order valence-corrected chi connectivity index (χ1v) is 8.14. The van der Waals surface area contributed by atoms with Gasteiger partial charge in [-0.1, -0.05) is 12.1 Å². The fraction of sp³-hybridized carbons (Fsp3) is 0.588. The molecule has 0 radical (unpaired) electrons. The van der Waals surface area contributed by atoms with E-state index in [4.69, 9.17) is 9.47 Å². The van der Waals surface area contributed by atoms with Gasteiger partial charge in [-0.05, 0) is 44.9 Å². The standard InChI is InChI=1S/C17H26N2O3/c1-2-21-15-8-3-4-9-16(15)22-12-6-10-17(20)19-14-7-5-11-18-13-14/h3-4,8-9,14,18H,2,5-7,10-13H2,1H3,(H,19,20). The Morgan fingerprint density at radius 3 is 2.77 bits per heavy atom. The largest absolute Gasteiger partial charge is 0.490 e. The molecule has 2 rings (SSSR count). The summed E-state index contributed by atoms with van der Waals surface area (Å²) in [4.78, 5) is 11.9. The van der Waals surface area contributed by atoms with Crippen LogP contribution in [-0.2, 0) is 4.79 Å². The molecule has 1 aliphatic rings. The summed E-state index contributed by atoms with van der Waals surface area (Å²) in [5, 5.41) is 6.36. The predicted molar refractivity (Wildman–Crippen MR) is 86.4 cm³/mol. The molecule has 1 aliphatic heterocycles. The molecule has 0 aliphatic carbocycles. The van der Waals surface area contributed by atoms with E-state index in [1.807, 2.05) is 31.2 Å². The number of amides is 1. The molecule has 1 amide bonds. The maximum absolute atomic E-state index is 11.9. The van der Waals surface area contributed by atoms with Gasteiger partial charge < -0.3 is 20.1 Å². The highest BCUT2D eigenvalue weighted by atomic mass is 16.5. The highest BCUT2D eigenvalue weighted by Crippen LogP contribution is 2.26. The molecule has 1 unspecified atom stereocenters. The summed E-state index contributed by atoms with van der Waals surface area (Å²) < 4.78 is 11.2. The van der Waals surface area contributed by atoms with Crippen LogP contribution in [0.4, 0.5) is 0 Å². The molecule has 1 saturated heterocycles. The summed E-state index contributed by atoms with van der Waals surface area (Å²) in [5.74, 6) is 1.60. The molecular weight excluding hydrogens is 280 g/mol. The summed E-state index contributed by atoms with van der Waals surface area (Å²) in [6.07, 6.45) is 3.39. The third-order valence-electron chi connectivity index (χ3n) is 3.62. The first-order chi connectivity index (χ1) is 10.8. The number of carbonyl (C=O) groups excluding carboxylic acids is 1. The van der Waals surface area contributed by atoms with Crippen molar-refractivity contribution in [3.63, 3.8) is 0 Å². The Morgan fingerprint density at radius 2 is 2.09 bits per heavy atom. The Kier molecular flexibility index (Phi) is 7.03. The monoisotopic (exact) mass is 306 g/mol. The first-order valence-electron chi connectivity index (χ1n) is 8.14. The smallest absolute Gasteiger partial charge is 0.220 e. The topological polar surface area (TPSA) is 59.6 Å². The van der Waals surface area contributed by atoms with E-state index in [1.165, 1.54) is 0 Å². The van der Waals surface area contributed by atoms with Crippen LogP contribution in [0.2, 0.25) is 0 Å². The SMILES string of the molecule is CCOc1ccccc1OCCCC(=O)NC1CCCNC1. The Hall–Kier alpha value is -1.75. The van der Waals surface area contributed by atoms with Crippen LogP contribution >= 0.6 is 0 Å². The Labute approximate surface area is 132 Å². The molecule has 1 aromatic rings. The normalized spacial score (nSPS) is 17.8. The van der Waals surface area contributed by atoms with E-state index in [9.17, 15) is 4.79 Å². The van der Waals surface area contributed by atoms with Crippen LogP contribution in [-0.4, -0.2) is 38.3 Å². The first kappa shape index (κ1) is 16.6. The Balaban J connectivity index is 1.65. The number of hydrogen-bond acceptors (Lipinski definition) is 4. The quantitative estimate of drug-likeness (QED) is 0.722. The molecule has 1 aromatic carbocycles. The Bertz CT molecular complexity index is 459. The second-order valence-electron chi connectivity index (χ2n) is 5.44. The molecule has 22 heavy (non-hydrogen) atoms. The second kappa shape index (κ2) is 9.30. The van der Waals surface area contributed by atoms with Crippen LogP contribution in [0.25, 0.3) is 0 Å². The number of ether oxygens (including phenoxy) is 2. The number of nitrogens with one attached hydrogen (secondary N) is 2. The molecule has 2 N–H and O–H groups in total. The Morgan fingerprint density at radius 1 is 1.32 bits per heavy atom. The van der Waals surface area contributed by atoms with E-state index in [-0.39, 0.29) is 11.9 Å². The van der Waals surface area contributed by atoms with Crippen molar-refractivity contribution in [1.82, 2.24) is 10.6 Å². The molecule has 5 nitrogen and oxygen atoms in total. The maximum Gasteiger partial charge on any atom is 0.220 e. The van der Waals surface area contributed by atoms with E-state index < -0.39 is 0 Å². The van der Waals surface area contributed by atoms with Crippen LogP contribution in [0.15, 0.2) is 24.3 Å². The summed E-state index contributed by atoms with van der Waals surface area (Å²) in [6.45, 7) is 5.00. The molecule has 0 bridgehead atoms. The van der Waals surface area contributed by atoms with Crippen molar-refractivity contribution >= 4 is 5.91 Å². The van der Waals surface area contributed by atoms with Crippen molar-refractivity contribution in [1.29, 1.82) is 0 Å². The number of para-hydroxylation sites is 2. The van der Waals surface area contributed by atoms with Gasteiger partial charge in [0.1, 0.15) is 0 Å². The van der Waals surface area contributed by atoms with Crippen LogP contribution < -0.4 is 20.1 Å². The van der Waals surface area contributed by atoms with E-state index in [0.717, 1.165) is 37.4 Å². The molecule has 0 spiro atoms. The predicted octanol–water partition coefficient (Wildman–Crippen LogP) is 2.11. The third-order valence-corrected chi connectivity index (χ3v) is 3.62. The fourth-order valence-electron chi connectivity index (χ4n) is 2.53. The number of piperidine rings is 1. The lowest BCUT2D eigenvalue weighted by Crippen LogP contribution is -2.45. The second-order valence-corrected chi connectivity index (χ2v) is 5.44. The minimum absolute atomic E-state index is 0.107. The summed E-state index contributed by atoms with van der Waals surface area (Å²) in [5.41, 5.74) is 0. The van der Waals surface area contributed by atoms with Crippen molar-refractivity contribution < 1.29 is 14.3 Å². The lowest BCUT2D eigenvalue weighted by molar-refractivity contribution is -0.122. The van der Waals surface area contributed by atoms with Gasteiger partial charge in [0.05, 0.1) is 13.2 Å². The third kappa shape index (κ3) is 5.56. The van der Waals surface area contributed by atoms with Gasteiger partial charge in [-0.15, -0.1) is 0 Å². The average Bonchev–Trinajstić information content (AvgIpc) is 2.54. The van der Waals surface area contributed by atoms with E-state index in [0.29, 0.717) is 26.1 Å². The number of benzene rings is 1. The van der Waals surface area contributed by atoms with Crippen molar-refractivity contribution in [3.8, 4) is 11.5 Å². The molecule has 0 saturated carbocycles. The van der Waals surface area contributed by atoms with Gasteiger partial charge in [0.2, 0.25) is 5.91 Å². The van der Waals surface area contributed by atoms with Gasteiger partial charge >= 0.3 is 0 Å². The fourth-order valence-corrected chi connectivity index (χ4v) is 2.53. The van der Waals surface area contributed by atoms with Gasteiger partial charge in [0.25, 0.3) is 0 Å². The molecule has 1 atom stereocenters. The maximum atomic E-state index is 11.9. The molecule has 1 fully saturated rings. The molecule has 122 valence electrons. The summed E-state index contributed by atoms with van der Waals surface area (Å²) >= 11 is 0. The number of carbonyl (C=O) groups is 1. The molecular formula is C17H26N2O3. The average molecular weight is 306 g/mol. The van der Waals surface area contributed by atoms with Crippen LogP contribution in [0.5, 0.6) is 11.5 Å². The number of hydrogen-bond donors (Lipinski definition) is 2. The van der Waals surface area contributed by atoms with E-state index >= 15 is 0 Å². The lowest BCUT2D eigenvalue weighted by Gasteiger charge is -2.23. The lowest BCUT2D eigenvalue weighted by atomic mass is 10.1. The minimum Gasteiger partial charge on any atom is -0.490 e. The highest BCUT2D eigenvalue weighted by Gasteiger charge is 2.14. The van der Waals surface area contributed by atoms with Crippen molar-refractivity contribution in [2.24, 2.45) is 0 Å². The van der Waals surface area contributed by atoms with E-state index in [2.05, 4.69) is 10.6 Å². The van der Waals surface area contributed by atoms with Crippen LogP contribution in [0.1, 0.15) is 32.6 Å². The van der Waals surface area contributed by atoms with Gasteiger partial charge in [-0.3, -0.25) is 4.79 Å². The van der Waals surface area contributed by atoms with Crippen LogP contribution in [0, 0.1) is 0 Å². The molecule has 0 aromatic heterocycles. The zero-order chi connectivity index (χ0) is 15.6. The zero-order valence-electron chi connectivity index (χ0n) is 13.3. The molecule has 5 heteroatoms. The van der Waals surface area contributed by atoms with Gasteiger partial charge in [0.15, 0.2) is 11.5 Å². The van der Waals surface area contributed by atoms with Crippen molar-refractivity contribution in [2.45, 2.75) is 38.6 Å². The summed E-state index contributed by atoms with van der Waals surface area (Å²) in [6, 6.07) is 7.89. The zero-order valence-corrected chi connectivity index (χ0v) is 13.3. The van der Waals surface area contributed by atoms with Crippen molar-refractivity contribution in [3.05, 3.63) is 24.3 Å². The molecule has 1 heterocycles. The highest BCUT2D eigenvalue weighted by molar-refractivity contribution is 5.76. The van der Waals surface area contributed by atoms with Gasteiger partial charge in [0, 0.05) is 19.0 Å². The van der Waals surface area contributed by atoms with Crippen molar-refractivity contribution in [2.75, 3.05) is 26.3 Å². The minimum atomic E-state index is 0.107. The summed E-state index contributed by atoms with van der Waals surface area (Å²) in [7, 11) is 0.